The molecule has 0 aliphatic carbocycles. The summed E-state index contributed by atoms with van der Waals surface area (Å²) in [6.45, 7) is 2.08. The number of hydrogen-bond donors (Lipinski definition) is 0. The largest absolute Gasteiger partial charge is 0.227 e. The summed E-state index contributed by atoms with van der Waals surface area (Å²) >= 11 is 7.70. The molecule has 0 bridgehead atoms. The molecule has 124 valence electrons. The molecule has 4 aromatic rings. The highest BCUT2D eigenvalue weighted by Gasteiger charge is 2.13. The lowest BCUT2D eigenvalue weighted by atomic mass is 10.2. The van der Waals surface area contributed by atoms with E-state index in [2.05, 4.69) is 51.5 Å². The average molecular weight is 368 g/mol. The first-order valence-corrected chi connectivity index (χ1v) is 9.08. The lowest BCUT2D eigenvalue weighted by Gasteiger charge is -2.04. The van der Waals surface area contributed by atoms with Gasteiger partial charge in [-0.25, -0.2) is 9.97 Å². The van der Waals surface area contributed by atoms with Crippen molar-refractivity contribution in [3.05, 3.63) is 71.0 Å². The van der Waals surface area contributed by atoms with E-state index in [0.717, 1.165) is 16.5 Å². The van der Waals surface area contributed by atoms with Gasteiger partial charge in [0.25, 0.3) is 0 Å². The summed E-state index contributed by atoms with van der Waals surface area (Å²) in [7, 11) is 0. The van der Waals surface area contributed by atoms with Crippen LogP contribution in [0.2, 0.25) is 5.02 Å². The van der Waals surface area contributed by atoms with Crippen LogP contribution in [0.4, 0.5) is 0 Å². The van der Waals surface area contributed by atoms with Crippen molar-refractivity contribution < 1.29 is 0 Å². The number of halogens is 1. The molecule has 0 N–H and O–H groups in total. The third-order valence-electron chi connectivity index (χ3n) is 3.75. The van der Waals surface area contributed by atoms with Gasteiger partial charge in [0.15, 0.2) is 11.2 Å². The van der Waals surface area contributed by atoms with E-state index in [9.17, 15) is 0 Å². The third kappa shape index (κ3) is 3.36. The Morgan fingerprint density at radius 1 is 1.08 bits per heavy atom. The predicted octanol–water partition coefficient (Wildman–Crippen LogP) is 4.46. The Balaban J connectivity index is 1.66. The number of benzene rings is 2. The van der Waals surface area contributed by atoms with Gasteiger partial charge in [0, 0.05) is 10.8 Å². The summed E-state index contributed by atoms with van der Waals surface area (Å²) in [6, 6.07) is 15.9. The summed E-state index contributed by atoms with van der Waals surface area (Å²) in [6.07, 6.45) is 1.55. The number of hydrogen-bond acceptors (Lipinski definition) is 5. The monoisotopic (exact) mass is 367 g/mol. The molecule has 2 aromatic carbocycles. The molecule has 0 atom stereocenters. The smallest absolute Gasteiger partial charge is 0.187 e. The van der Waals surface area contributed by atoms with E-state index in [1.807, 2.05) is 24.3 Å². The minimum absolute atomic E-state index is 0.643. The molecule has 0 aliphatic heterocycles. The van der Waals surface area contributed by atoms with Gasteiger partial charge in [-0.15, -0.1) is 5.10 Å². The van der Waals surface area contributed by atoms with Crippen LogP contribution in [0.1, 0.15) is 11.1 Å². The standard InChI is InChI=1S/C18H14ClN5S/c1-12-5-7-13(8-6-12)10-25-18-16-17(20-11-21-18)24(23-22-16)15-4-2-3-14(19)9-15/h2-9,11H,10H2,1H3. The highest BCUT2D eigenvalue weighted by atomic mass is 35.5. The van der Waals surface area contributed by atoms with Crippen LogP contribution >= 0.6 is 23.4 Å². The zero-order chi connectivity index (χ0) is 17.2. The quantitative estimate of drug-likeness (QED) is 0.393. The first-order valence-electron chi connectivity index (χ1n) is 7.71. The molecule has 0 radical (unpaired) electrons. The molecule has 0 amide bonds. The predicted molar refractivity (Wildman–Crippen MR) is 100 cm³/mol. The van der Waals surface area contributed by atoms with E-state index in [1.165, 1.54) is 11.1 Å². The fourth-order valence-electron chi connectivity index (χ4n) is 2.45. The topological polar surface area (TPSA) is 56.5 Å². The van der Waals surface area contributed by atoms with Crippen molar-refractivity contribution in [3.8, 4) is 5.69 Å². The number of aromatic nitrogens is 5. The van der Waals surface area contributed by atoms with Crippen molar-refractivity contribution in [2.45, 2.75) is 17.7 Å². The number of nitrogens with zero attached hydrogens (tertiary/aromatic N) is 5. The molecule has 0 unspecified atom stereocenters. The van der Waals surface area contributed by atoms with Gasteiger partial charge in [-0.05, 0) is 30.7 Å². The third-order valence-corrected chi connectivity index (χ3v) is 5.04. The molecule has 5 nitrogen and oxygen atoms in total. The summed E-state index contributed by atoms with van der Waals surface area (Å²) in [5.74, 6) is 0.816. The normalized spacial score (nSPS) is 11.1. The Hall–Kier alpha value is -2.44. The minimum Gasteiger partial charge on any atom is -0.227 e. The van der Waals surface area contributed by atoms with Gasteiger partial charge < -0.3 is 0 Å². The van der Waals surface area contributed by atoms with E-state index in [1.54, 1.807) is 22.8 Å². The molecule has 7 heteroatoms. The molecule has 25 heavy (non-hydrogen) atoms. The van der Waals surface area contributed by atoms with Gasteiger partial charge >= 0.3 is 0 Å². The van der Waals surface area contributed by atoms with E-state index >= 15 is 0 Å². The summed E-state index contributed by atoms with van der Waals surface area (Å²) < 4.78 is 1.68. The maximum absolute atomic E-state index is 6.07. The Kier molecular flexibility index (Phi) is 4.38. The molecular formula is C18H14ClN5S. The van der Waals surface area contributed by atoms with Crippen molar-refractivity contribution in [3.63, 3.8) is 0 Å². The van der Waals surface area contributed by atoms with Crippen LogP contribution in [0.25, 0.3) is 16.9 Å². The Bertz CT molecular complexity index is 1030. The van der Waals surface area contributed by atoms with Crippen LogP contribution in [0, 0.1) is 6.92 Å². The van der Waals surface area contributed by atoms with Gasteiger partial charge in [0.2, 0.25) is 0 Å². The first kappa shape index (κ1) is 16.1. The highest BCUT2D eigenvalue weighted by Crippen LogP contribution is 2.27. The zero-order valence-electron chi connectivity index (χ0n) is 13.4. The van der Waals surface area contributed by atoms with Crippen LogP contribution in [0.3, 0.4) is 0 Å². The maximum atomic E-state index is 6.07. The summed E-state index contributed by atoms with van der Waals surface area (Å²) in [5, 5.41) is 9.96. The van der Waals surface area contributed by atoms with E-state index in [-0.39, 0.29) is 0 Å². The lowest BCUT2D eigenvalue weighted by molar-refractivity contribution is 0.817. The van der Waals surface area contributed by atoms with Crippen LogP contribution in [0.5, 0.6) is 0 Å². The summed E-state index contributed by atoms with van der Waals surface area (Å²) in [5.41, 5.74) is 4.68. The Morgan fingerprint density at radius 2 is 1.92 bits per heavy atom. The second-order valence-electron chi connectivity index (χ2n) is 5.61. The molecule has 0 fully saturated rings. The maximum Gasteiger partial charge on any atom is 0.187 e. The van der Waals surface area contributed by atoms with Crippen LogP contribution in [-0.2, 0) is 5.75 Å². The number of aryl methyl sites for hydroxylation is 1. The van der Waals surface area contributed by atoms with E-state index in [4.69, 9.17) is 11.6 Å². The van der Waals surface area contributed by atoms with Crippen molar-refractivity contribution in [1.29, 1.82) is 0 Å². The molecule has 2 heterocycles. The molecule has 2 aromatic heterocycles. The van der Waals surface area contributed by atoms with E-state index < -0.39 is 0 Å². The van der Waals surface area contributed by atoms with E-state index in [0.29, 0.717) is 16.2 Å². The molecule has 0 saturated heterocycles. The highest BCUT2D eigenvalue weighted by molar-refractivity contribution is 7.98. The van der Waals surface area contributed by atoms with Crippen LogP contribution < -0.4 is 0 Å². The van der Waals surface area contributed by atoms with Gasteiger partial charge in [0.05, 0.1) is 5.69 Å². The molecular weight excluding hydrogens is 354 g/mol. The zero-order valence-corrected chi connectivity index (χ0v) is 15.0. The Morgan fingerprint density at radius 3 is 2.72 bits per heavy atom. The fourth-order valence-corrected chi connectivity index (χ4v) is 3.52. The second kappa shape index (κ2) is 6.82. The molecule has 0 spiro atoms. The van der Waals surface area contributed by atoms with Crippen molar-refractivity contribution in [2.24, 2.45) is 0 Å². The molecule has 0 saturated carbocycles. The SMILES string of the molecule is Cc1ccc(CSc2ncnc3c2nnn3-c2cccc(Cl)c2)cc1. The van der Waals surface area contributed by atoms with Gasteiger partial charge in [-0.1, -0.05) is 64.5 Å². The Labute approximate surface area is 154 Å². The first-order chi connectivity index (χ1) is 12.2. The minimum atomic E-state index is 0.643. The summed E-state index contributed by atoms with van der Waals surface area (Å²) in [4.78, 5) is 8.72. The lowest BCUT2D eigenvalue weighted by Crippen LogP contribution is -1.98. The molecule has 4 rings (SSSR count). The number of thioether (sulfide) groups is 1. The fraction of sp³-hybridized carbons (Fsp3) is 0.111. The van der Waals surface area contributed by atoms with Crippen LogP contribution in [0.15, 0.2) is 59.9 Å². The average Bonchev–Trinajstić information content (AvgIpc) is 3.06. The van der Waals surface area contributed by atoms with Crippen molar-refractivity contribution in [2.75, 3.05) is 0 Å². The van der Waals surface area contributed by atoms with Crippen molar-refractivity contribution >= 4 is 34.5 Å². The number of fused-ring (bicyclic) bond motifs is 1. The molecule has 0 aliphatic rings. The van der Waals surface area contributed by atoms with Gasteiger partial charge in [-0.2, -0.15) is 4.68 Å². The second-order valence-corrected chi connectivity index (χ2v) is 7.01. The van der Waals surface area contributed by atoms with Gasteiger partial charge in [-0.3, -0.25) is 0 Å². The van der Waals surface area contributed by atoms with Crippen LogP contribution in [-0.4, -0.2) is 25.0 Å². The van der Waals surface area contributed by atoms with Gasteiger partial charge in [0.1, 0.15) is 11.4 Å². The number of rotatable bonds is 4. The van der Waals surface area contributed by atoms with Crippen molar-refractivity contribution in [1.82, 2.24) is 25.0 Å².